The quantitative estimate of drug-likeness (QED) is 0.485. The smallest absolute Gasteiger partial charge is 0.339 e. The second-order valence-electron chi connectivity index (χ2n) is 6.57. The zero-order valence-electron chi connectivity index (χ0n) is 16.1. The highest BCUT2D eigenvalue weighted by atomic mass is 19.1. The molecule has 1 N–H and O–H groups in total. The maximum atomic E-state index is 13.3. The Labute approximate surface area is 172 Å². The fourth-order valence-corrected chi connectivity index (χ4v) is 3.20. The highest BCUT2D eigenvalue weighted by molar-refractivity contribution is 6.14. The Balaban J connectivity index is 1.79. The van der Waals surface area contributed by atoms with Crippen LogP contribution in [0.15, 0.2) is 78.9 Å². The van der Waals surface area contributed by atoms with Gasteiger partial charge in [0, 0.05) is 10.9 Å². The van der Waals surface area contributed by atoms with Crippen LogP contribution in [0.1, 0.15) is 20.7 Å². The van der Waals surface area contributed by atoms with E-state index in [1.165, 1.54) is 19.2 Å². The van der Waals surface area contributed by atoms with Gasteiger partial charge in [-0.15, -0.1) is 0 Å². The SMILES string of the molecule is COC(=O)c1ccccc1NC(=O)c1cc(-c2ccc(F)cc2)nc2ccccc12. The lowest BCUT2D eigenvalue weighted by atomic mass is 10.0. The predicted molar refractivity (Wildman–Crippen MR) is 113 cm³/mol. The summed E-state index contributed by atoms with van der Waals surface area (Å²) in [6.45, 7) is 0. The number of fused-ring (bicyclic) bond motifs is 1. The van der Waals surface area contributed by atoms with Crippen LogP contribution in [0.5, 0.6) is 0 Å². The number of aromatic nitrogens is 1. The molecule has 0 fully saturated rings. The van der Waals surface area contributed by atoms with Crippen molar-refractivity contribution in [3.63, 3.8) is 0 Å². The molecule has 4 aromatic rings. The maximum Gasteiger partial charge on any atom is 0.339 e. The van der Waals surface area contributed by atoms with Crippen molar-refractivity contribution in [2.45, 2.75) is 0 Å². The molecule has 148 valence electrons. The molecule has 5 nitrogen and oxygen atoms in total. The largest absolute Gasteiger partial charge is 0.465 e. The Bertz CT molecular complexity index is 1250. The first kappa shape index (κ1) is 19.3. The number of hydrogen-bond donors (Lipinski definition) is 1. The summed E-state index contributed by atoms with van der Waals surface area (Å²) in [5.74, 6) is -1.29. The molecular weight excluding hydrogens is 383 g/mol. The third-order valence-electron chi connectivity index (χ3n) is 4.68. The van der Waals surface area contributed by atoms with E-state index in [0.29, 0.717) is 33.4 Å². The van der Waals surface area contributed by atoms with Gasteiger partial charge in [-0.2, -0.15) is 0 Å². The lowest BCUT2D eigenvalue weighted by Gasteiger charge is -2.12. The number of benzene rings is 3. The molecule has 6 heteroatoms. The summed E-state index contributed by atoms with van der Waals surface area (Å²) in [5, 5.41) is 3.46. The number of rotatable bonds is 4. The number of pyridine rings is 1. The van der Waals surface area contributed by atoms with Gasteiger partial charge in [0.1, 0.15) is 5.82 Å². The molecule has 0 saturated carbocycles. The van der Waals surface area contributed by atoms with Gasteiger partial charge in [-0.05, 0) is 48.5 Å². The molecule has 0 bridgehead atoms. The van der Waals surface area contributed by atoms with Crippen LogP contribution in [0.2, 0.25) is 0 Å². The molecule has 0 unspecified atom stereocenters. The highest BCUT2D eigenvalue weighted by Gasteiger charge is 2.17. The summed E-state index contributed by atoms with van der Waals surface area (Å²) in [4.78, 5) is 29.8. The van der Waals surface area contributed by atoms with Gasteiger partial charge in [-0.25, -0.2) is 14.2 Å². The van der Waals surface area contributed by atoms with Gasteiger partial charge in [0.15, 0.2) is 0 Å². The van der Waals surface area contributed by atoms with E-state index in [1.807, 2.05) is 18.2 Å². The molecule has 1 heterocycles. The number of carbonyl (C=O) groups is 2. The second kappa shape index (κ2) is 8.13. The second-order valence-corrected chi connectivity index (χ2v) is 6.57. The molecule has 1 aromatic heterocycles. The summed E-state index contributed by atoms with van der Waals surface area (Å²) in [6.07, 6.45) is 0. The summed E-state index contributed by atoms with van der Waals surface area (Å²) >= 11 is 0. The normalized spacial score (nSPS) is 10.6. The van der Waals surface area contributed by atoms with Crippen LogP contribution in [0.3, 0.4) is 0 Å². The van der Waals surface area contributed by atoms with E-state index in [0.717, 1.165) is 0 Å². The molecule has 3 aromatic carbocycles. The van der Waals surface area contributed by atoms with Gasteiger partial charge in [-0.1, -0.05) is 30.3 Å². The Kier molecular flexibility index (Phi) is 5.22. The number of nitrogens with zero attached hydrogens (tertiary/aromatic N) is 1. The Morgan fingerprint density at radius 1 is 0.900 bits per heavy atom. The summed E-state index contributed by atoms with van der Waals surface area (Å²) < 4.78 is 18.1. The molecular formula is C24H17FN2O3. The average molecular weight is 400 g/mol. The molecule has 0 aliphatic rings. The van der Waals surface area contributed by atoms with E-state index in [1.54, 1.807) is 48.5 Å². The van der Waals surface area contributed by atoms with Crippen LogP contribution in [0, 0.1) is 5.82 Å². The number of ether oxygens (including phenoxy) is 1. The number of carbonyl (C=O) groups excluding carboxylic acids is 2. The third-order valence-corrected chi connectivity index (χ3v) is 4.68. The molecule has 30 heavy (non-hydrogen) atoms. The monoisotopic (exact) mass is 400 g/mol. The number of amides is 1. The minimum atomic E-state index is -0.544. The Morgan fingerprint density at radius 2 is 1.60 bits per heavy atom. The Hall–Kier alpha value is -4.06. The summed E-state index contributed by atoms with van der Waals surface area (Å²) in [5.41, 5.74) is 2.85. The Morgan fingerprint density at radius 3 is 2.37 bits per heavy atom. The van der Waals surface area contributed by atoms with Crippen molar-refractivity contribution < 1.29 is 18.7 Å². The molecule has 0 aliphatic carbocycles. The molecule has 0 radical (unpaired) electrons. The van der Waals surface area contributed by atoms with Crippen LogP contribution in [0.4, 0.5) is 10.1 Å². The maximum absolute atomic E-state index is 13.3. The van der Waals surface area contributed by atoms with Gasteiger partial charge in [-0.3, -0.25) is 4.79 Å². The third kappa shape index (κ3) is 3.75. The van der Waals surface area contributed by atoms with Crippen LogP contribution in [0.25, 0.3) is 22.2 Å². The minimum Gasteiger partial charge on any atom is -0.465 e. The number of anilines is 1. The first-order valence-electron chi connectivity index (χ1n) is 9.21. The minimum absolute atomic E-state index is 0.255. The van der Waals surface area contributed by atoms with E-state index in [-0.39, 0.29) is 11.4 Å². The lowest BCUT2D eigenvalue weighted by molar-refractivity contribution is 0.0602. The number of methoxy groups -OCH3 is 1. The molecule has 1 amide bonds. The molecule has 0 aliphatic heterocycles. The van der Waals surface area contributed by atoms with Crippen LogP contribution in [-0.2, 0) is 4.74 Å². The van der Waals surface area contributed by atoms with Crippen LogP contribution < -0.4 is 5.32 Å². The predicted octanol–water partition coefficient (Wildman–Crippen LogP) is 5.08. The van der Waals surface area contributed by atoms with Crippen molar-refractivity contribution >= 4 is 28.5 Å². The van der Waals surface area contributed by atoms with Gasteiger partial charge >= 0.3 is 5.97 Å². The fourth-order valence-electron chi connectivity index (χ4n) is 3.20. The standard InChI is InChI=1S/C24H17FN2O3/c1-30-24(29)18-7-3-5-9-21(18)27-23(28)19-14-22(15-10-12-16(25)13-11-15)26-20-8-4-2-6-17(19)20/h2-14H,1H3,(H,27,28). The van der Waals surface area contributed by atoms with E-state index >= 15 is 0 Å². The molecule has 0 spiro atoms. The lowest BCUT2D eigenvalue weighted by Crippen LogP contribution is -2.16. The average Bonchev–Trinajstić information content (AvgIpc) is 2.78. The summed E-state index contributed by atoms with van der Waals surface area (Å²) in [6, 6.07) is 21.5. The number of hydrogen-bond acceptors (Lipinski definition) is 4. The van der Waals surface area contributed by atoms with Crippen molar-refractivity contribution in [2.24, 2.45) is 0 Å². The highest BCUT2D eigenvalue weighted by Crippen LogP contribution is 2.26. The van der Waals surface area contributed by atoms with Gasteiger partial charge in [0.25, 0.3) is 5.91 Å². The summed E-state index contributed by atoms with van der Waals surface area (Å²) in [7, 11) is 1.28. The number of para-hydroxylation sites is 2. The number of esters is 1. The van der Waals surface area contributed by atoms with Gasteiger partial charge in [0.2, 0.25) is 0 Å². The molecule has 0 saturated heterocycles. The zero-order valence-corrected chi connectivity index (χ0v) is 16.1. The fraction of sp³-hybridized carbons (Fsp3) is 0.0417. The van der Waals surface area contributed by atoms with E-state index in [4.69, 9.17) is 4.74 Å². The van der Waals surface area contributed by atoms with Crippen LogP contribution >= 0.6 is 0 Å². The van der Waals surface area contributed by atoms with Gasteiger partial charge in [0.05, 0.1) is 35.1 Å². The van der Waals surface area contributed by atoms with Crippen molar-refractivity contribution in [2.75, 3.05) is 12.4 Å². The van der Waals surface area contributed by atoms with Crippen LogP contribution in [-0.4, -0.2) is 24.0 Å². The topological polar surface area (TPSA) is 68.3 Å². The zero-order chi connectivity index (χ0) is 21.1. The van der Waals surface area contributed by atoms with E-state index in [2.05, 4.69) is 10.3 Å². The first-order valence-corrected chi connectivity index (χ1v) is 9.21. The molecule has 0 atom stereocenters. The van der Waals surface area contributed by atoms with Crippen molar-refractivity contribution in [3.8, 4) is 11.3 Å². The van der Waals surface area contributed by atoms with Crippen molar-refractivity contribution in [1.29, 1.82) is 0 Å². The van der Waals surface area contributed by atoms with Gasteiger partial charge < -0.3 is 10.1 Å². The first-order chi connectivity index (χ1) is 14.6. The number of halogens is 1. The molecule has 4 rings (SSSR count). The number of nitrogens with one attached hydrogen (secondary N) is 1. The van der Waals surface area contributed by atoms with E-state index in [9.17, 15) is 14.0 Å². The van der Waals surface area contributed by atoms with E-state index < -0.39 is 11.9 Å². The van der Waals surface area contributed by atoms with Crippen molar-refractivity contribution in [1.82, 2.24) is 4.98 Å². The van der Waals surface area contributed by atoms with Crippen molar-refractivity contribution in [3.05, 3.63) is 95.8 Å².